The molecule has 1 aliphatic heterocycles. The topological polar surface area (TPSA) is 35.9 Å². The van der Waals surface area contributed by atoms with E-state index in [2.05, 4.69) is 16.8 Å². The Balaban J connectivity index is 1.74. The first-order valence-electron chi connectivity index (χ1n) is 7.02. The predicted molar refractivity (Wildman–Crippen MR) is 81.6 cm³/mol. The zero-order valence-electron chi connectivity index (χ0n) is 12.2. The molecule has 1 aliphatic rings. The molecule has 20 heavy (non-hydrogen) atoms. The lowest BCUT2D eigenvalue weighted by molar-refractivity contribution is 0.0504. The Kier molecular flexibility index (Phi) is 5.66. The molecule has 0 amide bonds. The summed E-state index contributed by atoms with van der Waals surface area (Å²) in [5, 5.41) is 10.8. The third-order valence-corrected chi connectivity index (χ3v) is 4.06. The maximum atomic E-state index is 10.0. The molecule has 5 heteroatoms. The molecule has 0 aromatic heterocycles. The number of benzene rings is 1. The molecule has 1 saturated heterocycles. The molecule has 1 aromatic carbocycles. The highest BCUT2D eigenvalue weighted by molar-refractivity contribution is 6.31. The first-order valence-corrected chi connectivity index (χ1v) is 7.40. The van der Waals surface area contributed by atoms with Crippen molar-refractivity contribution < 1.29 is 9.84 Å². The van der Waals surface area contributed by atoms with E-state index in [4.69, 9.17) is 16.3 Å². The van der Waals surface area contributed by atoms with Crippen molar-refractivity contribution in [1.29, 1.82) is 0 Å². The number of ether oxygens (including phenoxy) is 1. The van der Waals surface area contributed by atoms with Crippen molar-refractivity contribution in [2.45, 2.75) is 13.0 Å². The minimum Gasteiger partial charge on any atom is -0.491 e. The summed E-state index contributed by atoms with van der Waals surface area (Å²) in [5.74, 6) is 0.754. The normalized spacial score (nSPS) is 19.0. The highest BCUT2D eigenvalue weighted by atomic mass is 35.5. The van der Waals surface area contributed by atoms with Crippen molar-refractivity contribution in [3.05, 3.63) is 28.8 Å². The van der Waals surface area contributed by atoms with E-state index in [-0.39, 0.29) is 0 Å². The standard InChI is InChI=1S/C15H23ClN2O2/c1-12-9-14(3-4-15(12)16)20-11-13(19)10-18-7-5-17(2)6-8-18/h3-4,9,13,19H,5-8,10-11H2,1-2H3/t13-/m0/s1. The highest BCUT2D eigenvalue weighted by Gasteiger charge is 2.17. The van der Waals surface area contributed by atoms with Gasteiger partial charge in [0.05, 0.1) is 0 Å². The zero-order valence-corrected chi connectivity index (χ0v) is 12.9. The van der Waals surface area contributed by atoms with Crippen molar-refractivity contribution in [1.82, 2.24) is 9.80 Å². The van der Waals surface area contributed by atoms with E-state index in [0.717, 1.165) is 42.5 Å². The molecule has 0 bridgehead atoms. The van der Waals surface area contributed by atoms with Gasteiger partial charge in [-0.05, 0) is 37.7 Å². The summed E-state index contributed by atoms with van der Waals surface area (Å²) in [5.41, 5.74) is 0.984. The average molecular weight is 299 g/mol. The lowest BCUT2D eigenvalue weighted by atomic mass is 10.2. The Hall–Kier alpha value is -0.810. The number of hydrogen-bond acceptors (Lipinski definition) is 4. The highest BCUT2D eigenvalue weighted by Crippen LogP contribution is 2.21. The van der Waals surface area contributed by atoms with Crippen LogP contribution in [0.5, 0.6) is 5.75 Å². The van der Waals surface area contributed by atoms with Crippen LogP contribution in [0, 0.1) is 6.92 Å². The summed E-state index contributed by atoms with van der Waals surface area (Å²) in [4.78, 5) is 4.58. The van der Waals surface area contributed by atoms with E-state index in [1.54, 1.807) is 0 Å². The molecule has 1 heterocycles. The van der Waals surface area contributed by atoms with Crippen molar-refractivity contribution in [2.75, 3.05) is 46.4 Å². The second-order valence-electron chi connectivity index (χ2n) is 5.48. The van der Waals surface area contributed by atoms with Crippen molar-refractivity contribution in [3.8, 4) is 5.75 Å². The largest absolute Gasteiger partial charge is 0.491 e. The van der Waals surface area contributed by atoms with Crippen LogP contribution in [-0.4, -0.2) is 67.4 Å². The van der Waals surface area contributed by atoms with Gasteiger partial charge in [-0.25, -0.2) is 0 Å². The van der Waals surface area contributed by atoms with Crippen LogP contribution in [0.1, 0.15) is 5.56 Å². The monoisotopic (exact) mass is 298 g/mol. The van der Waals surface area contributed by atoms with Gasteiger partial charge in [-0.2, -0.15) is 0 Å². The van der Waals surface area contributed by atoms with Gasteiger partial charge in [0.1, 0.15) is 18.5 Å². The number of β-amino-alcohol motifs (C(OH)–C–C–N with tert-alkyl or cyclic N) is 1. The zero-order chi connectivity index (χ0) is 14.5. The lowest BCUT2D eigenvalue weighted by Crippen LogP contribution is -2.47. The number of likely N-dealkylation sites (N-methyl/N-ethyl adjacent to an activating group) is 1. The summed E-state index contributed by atoms with van der Waals surface area (Å²) in [6, 6.07) is 5.54. The Labute approximate surface area is 125 Å². The van der Waals surface area contributed by atoms with Gasteiger partial charge in [-0.1, -0.05) is 11.6 Å². The summed E-state index contributed by atoms with van der Waals surface area (Å²) in [7, 11) is 2.12. The number of piperazine rings is 1. The van der Waals surface area contributed by atoms with Crippen molar-refractivity contribution >= 4 is 11.6 Å². The van der Waals surface area contributed by atoms with Gasteiger partial charge in [0.25, 0.3) is 0 Å². The van der Waals surface area contributed by atoms with Gasteiger partial charge in [0, 0.05) is 37.7 Å². The third kappa shape index (κ3) is 4.63. The maximum Gasteiger partial charge on any atom is 0.119 e. The van der Waals surface area contributed by atoms with E-state index in [9.17, 15) is 5.11 Å². The molecule has 2 rings (SSSR count). The molecule has 1 N–H and O–H groups in total. The predicted octanol–water partition coefficient (Wildman–Crippen LogP) is 1.64. The molecule has 112 valence electrons. The fraction of sp³-hybridized carbons (Fsp3) is 0.600. The summed E-state index contributed by atoms with van der Waals surface area (Å²) < 4.78 is 5.62. The van der Waals surface area contributed by atoms with E-state index in [1.165, 1.54) is 0 Å². The molecule has 0 saturated carbocycles. The van der Waals surface area contributed by atoms with Gasteiger partial charge >= 0.3 is 0 Å². The first-order chi connectivity index (χ1) is 9.54. The molecule has 0 unspecified atom stereocenters. The number of aliphatic hydroxyl groups is 1. The lowest BCUT2D eigenvalue weighted by Gasteiger charge is -2.33. The fourth-order valence-electron chi connectivity index (χ4n) is 2.28. The van der Waals surface area contributed by atoms with Crippen LogP contribution < -0.4 is 4.74 Å². The molecule has 0 aliphatic carbocycles. The van der Waals surface area contributed by atoms with Crippen LogP contribution >= 0.6 is 11.6 Å². The molecule has 1 aromatic rings. The Morgan fingerprint density at radius 2 is 2.00 bits per heavy atom. The minimum absolute atomic E-state index is 0.313. The molecule has 0 spiro atoms. The van der Waals surface area contributed by atoms with E-state index in [1.807, 2.05) is 25.1 Å². The second-order valence-corrected chi connectivity index (χ2v) is 5.89. The van der Waals surface area contributed by atoms with Gasteiger partial charge < -0.3 is 14.7 Å². The van der Waals surface area contributed by atoms with Crippen LogP contribution in [0.15, 0.2) is 18.2 Å². The minimum atomic E-state index is -0.464. The number of aryl methyl sites for hydroxylation is 1. The van der Waals surface area contributed by atoms with Gasteiger partial charge in [-0.15, -0.1) is 0 Å². The van der Waals surface area contributed by atoms with E-state index < -0.39 is 6.10 Å². The first kappa shape index (κ1) is 15.6. The molecule has 4 nitrogen and oxygen atoms in total. The summed E-state index contributed by atoms with van der Waals surface area (Å²) in [6.07, 6.45) is -0.464. The fourth-order valence-corrected chi connectivity index (χ4v) is 2.40. The Morgan fingerprint density at radius 3 is 2.65 bits per heavy atom. The van der Waals surface area contributed by atoms with Crippen LogP contribution in [0.25, 0.3) is 0 Å². The van der Waals surface area contributed by atoms with E-state index in [0.29, 0.717) is 13.2 Å². The van der Waals surface area contributed by atoms with Gasteiger partial charge in [-0.3, -0.25) is 4.90 Å². The van der Waals surface area contributed by atoms with E-state index >= 15 is 0 Å². The maximum absolute atomic E-state index is 10.0. The average Bonchev–Trinajstić information content (AvgIpc) is 2.43. The van der Waals surface area contributed by atoms with Crippen LogP contribution in [0.3, 0.4) is 0 Å². The third-order valence-electron chi connectivity index (χ3n) is 3.64. The Bertz CT molecular complexity index is 434. The second kappa shape index (κ2) is 7.27. The quantitative estimate of drug-likeness (QED) is 0.896. The molecule has 0 radical (unpaired) electrons. The molecular formula is C15H23ClN2O2. The number of aliphatic hydroxyl groups excluding tert-OH is 1. The number of rotatable bonds is 5. The summed E-state index contributed by atoms with van der Waals surface area (Å²) >= 11 is 5.97. The number of halogens is 1. The molecule has 1 atom stereocenters. The van der Waals surface area contributed by atoms with Gasteiger partial charge in [0.2, 0.25) is 0 Å². The SMILES string of the molecule is Cc1cc(OC[C@@H](O)CN2CCN(C)CC2)ccc1Cl. The van der Waals surface area contributed by atoms with Crippen molar-refractivity contribution in [3.63, 3.8) is 0 Å². The smallest absolute Gasteiger partial charge is 0.119 e. The molecule has 1 fully saturated rings. The molecular weight excluding hydrogens is 276 g/mol. The van der Waals surface area contributed by atoms with Gasteiger partial charge in [0.15, 0.2) is 0 Å². The number of nitrogens with zero attached hydrogens (tertiary/aromatic N) is 2. The Morgan fingerprint density at radius 1 is 1.30 bits per heavy atom. The van der Waals surface area contributed by atoms with Crippen LogP contribution in [0.4, 0.5) is 0 Å². The van der Waals surface area contributed by atoms with Crippen LogP contribution in [0.2, 0.25) is 5.02 Å². The number of hydrogen-bond donors (Lipinski definition) is 1. The van der Waals surface area contributed by atoms with Crippen LogP contribution in [-0.2, 0) is 0 Å². The summed E-state index contributed by atoms with van der Waals surface area (Å²) in [6.45, 7) is 7.05. The van der Waals surface area contributed by atoms with Crippen molar-refractivity contribution in [2.24, 2.45) is 0 Å².